The van der Waals surface area contributed by atoms with Gasteiger partial charge in [-0.2, -0.15) is 0 Å². The molecule has 5 rings (SSSR count). The summed E-state index contributed by atoms with van der Waals surface area (Å²) in [7, 11) is 0. The van der Waals surface area contributed by atoms with Gasteiger partial charge < -0.3 is 9.80 Å². The Morgan fingerprint density at radius 3 is 2.13 bits per heavy atom. The quantitative estimate of drug-likeness (QED) is 0.417. The van der Waals surface area contributed by atoms with Gasteiger partial charge in [0.25, 0.3) is 5.91 Å². The van der Waals surface area contributed by atoms with Crippen LogP contribution in [-0.4, -0.2) is 63.4 Å². The minimum Gasteiger partial charge on any atom is -0.364 e. The molecular weight excluding hydrogens is 496 g/mol. The van der Waals surface area contributed by atoms with Crippen molar-refractivity contribution in [1.82, 2.24) is 19.8 Å². The molecule has 3 heterocycles. The van der Waals surface area contributed by atoms with Gasteiger partial charge in [0.05, 0.1) is 17.0 Å². The number of carbonyl (C=O) groups is 1. The van der Waals surface area contributed by atoms with Crippen molar-refractivity contribution in [2.75, 3.05) is 31.1 Å². The van der Waals surface area contributed by atoms with Gasteiger partial charge in [0.1, 0.15) is 18.0 Å². The number of hydrogen-bond acceptors (Lipinski definition) is 5. The van der Waals surface area contributed by atoms with Crippen molar-refractivity contribution in [2.24, 2.45) is 0 Å². The van der Waals surface area contributed by atoms with E-state index in [-0.39, 0.29) is 17.5 Å². The molecule has 0 N–H and O–H groups in total. The highest BCUT2D eigenvalue weighted by atomic mass is 19.1. The van der Waals surface area contributed by atoms with E-state index in [1.54, 1.807) is 0 Å². The van der Waals surface area contributed by atoms with Gasteiger partial charge in [-0.1, -0.05) is 30.3 Å². The second-order valence-corrected chi connectivity index (χ2v) is 11.2. The molecule has 0 saturated carbocycles. The zero-order chi connectivity index (χ0) is 27.6. The highest BCUT2D eigenvalue weighted by molar-refractivity contribution is 5.96. The molecule has 0 radical (unpaired) electrons. The lowest BCUT2D eigenvalue weighted by molar-refractivity contribution is 0.0170. The van der Waals surface area contributed by atoms with Crippen LogP contribution in [0.4, 0.5) is 14.5 Å². The van der Waals surface area contributed by atoms with Gasteiger partial charge in [-0.05, 0) is 64.2 Å². The summed E-state index contributed by atoms with van der Waals surface area (Å²) < 4.78 is 28.4. The standard InChI is InChI=1S/C31H37F2N5O/c1-22-29(23(2)35-21-34-22)30(39)36-15-11-31(3,12-16-36)37-13-9-27(10-14-37)38(20-24-7-5-4-6-8-24)28-18-25(32)17-26(33)19-28/h4-8,17-19,21,27H,9-16,20H2,1-3H3. The maximum absolute atomic E-state index is 14.2. The van der Waals surface area contributed by atoms with Crippen LogP contribution in [0, 0.1) is 25.5 Å². The van der Waals surface area contributed by atoms with E-state index in [1.165, 1.54) is 18.5 Å². The van der Waals surface area contributed by atoms with Crippen molar-refractivity contribution >= 4 is 11.6 Å². The van der Waals surface area contributed by atoms with Crippen LogP contribution in [0.5, 0.6) is 0 Å². The normalized spacial score (nSPS) is 18.2. The third-order valence-corrected chi connectivity index (χ3v) is 8.61. The number of likely N-dealkylation sites (tertiary alicyclic amines) is 2. The van der Waals surface area contributed by atoms with E-state index in [0.29, 0.717) is 30.9 Å². The number of halogens is 2. The molecule has 1 amide bonds. The van der Waals surface area contributed by atoms with Crippen LogP contribution in [0.1, 0.15) is 59.9 Å². The average molecular weight is 534 g/mol. The van der Waals surface area contributed by atoms with Crippen LogP contribution in [0.15, 0.2) is 54.9 Å². The summed E-state index contributed by atoms with van der Waals surface area (Å²) in [5.41, 5.74) is 3.77. The van der Waals surface area contributed by atoms with Crippen molar-refractivity contribution in [3.8, 4) is 0 Å². The summed E-state index contributed by atoms with van der Waals surface area (Å²) in [4.78, 5) is 28.4. The molecule has 0 spiro atoms. The van der Waals surface area contributed by atoms with Gasteiger partial charge in [0.15, 0.2) is 0 Å². The highest BCUT2D eigenvalue weighted by Gasteiger charge is 2.39. The summed E-state index contributed by atoms with van der Waals surface area (Å²) in [6.07, 6.45) is 5.12. The van der Waals surface area contributed by atoms with E-state index in [2.05, 4.69) is 38.8 Å². The Kier molecular flexibility index (Phi) is 7.93. The number of nitrogens with zero attached hydrogens (tertiary/aromatic N) is 5. The number of piperidine rings is 2. The van der Waals surface area contributed by atoms with Crippen LogP contribution in [0.25, 0.3) is 0 Å². The molecule has 8 heteroatoms. The summed E-state index contributed by atoms with van der Waals surface area (Å²) in [6.45, 7) is 9.84. The predicted molar refractivity (Wildman–Crippen MR) is 149 cm³/mol. The van der Waals surface area contributed by atoms with Crippen LogP contribution < -0.4 is 4.90 Å². The molecule has 39 heavy (non-hydrogen) atoms. The van der Waals surface area contributed by atoms with Gasteiger partial charge >= 0.3 is 0 Å². The van der Waals surface area contributed by atoms with Crippen LogP contribution in [0.2, 0.25) is 0 Å². The van der Waals surface area contributed by atoms with Crippen molar-refractivity contribution in [1.29, 1.82) is 0 Å². The molecular formula is C31H37F2N5O. The number of amides is 1. The average Bonchev–Trinajstić information content (AvgIpc) is 2.92. The third-order valence-electron chi connectivity index (χ3n) is 8.61. The van der Waals surface area contributed by atoms with Crippen molar-refractivity contribution < 1.29 is 13.6 Å². The molecule has 2 aromatic carbocycles. The summed E-state index contributed by atoms with van der Waals surface area (Å²) in [6, 6.07) is 14.1. The Hall–Kier alpha value is -3.39. The number of benzene rings is 2. The summed E-state index contributed by atoms with van der Waals surface area (Å²) >= 11 is 0. The van der Waals surface area contributed by atoms with E-state index in [4.69, 9.17) is 0 Å². The predicted octanol–water partition coefficient (Wildman–Crippen LogP) is 5.54. The van der Waals surface area contributed by atoms with Crippen LogP contribution in [-0.2, 0) is 6.54 Å². The van der Waals surface area contributed by atoms with E-state index in [1.807, 2.05) is 36.9 Å². The number of carbonyl (C=O) groups excluding carboxylic acids is 1. The SMILES string of the molecule is Cc1ncnc(C)c1C(=O)N1CCC(C)(N2CCC(N(Cc3ccccc3)c3cc(F)cc(F)c3)CC2)CC1. The van der Waals surface area contributed by atoms with E-state index in [0.717, 1.165) is 61.8 Å². The maximum Gasteiger partial charge on any atom is 0.257 e. The first-order valence-corrected chi connectivity index (χ1v) is 13.8. The Morgan fingerprint density at radius 1 is 0.949 bits per heavy atom. The first-order valence-electron chi connectivity index (χ1n) is 13.8. The summed E-state index contributed by atoms with van der Waals surface area (Å²) in [5.74, 6) is -1.09. The molecule has 0 aliphatic carbocycles. The number of aromatic nitrogens is 2. The fraction of sp³-hybridized carbons (Fsp3) is 0.452. The number of anilines is 1. The lowest BCUT2D eigenvalue weighted by atomic mass is 9.85. The maximum atomic E-state index is 14.2. The van der Waals surface area contributed by atoms with Crippen molar-refractivity contribution in [2.45, 2.75) is 64.6 Å². The monoisotopic (exact) mass is 533 g/mol. The molecule has 2 fully saturated rings. The van der Waals surface area contributed by atoms with E-state index < -0.39 is 11.6 Å². The van der Waals surface area contributed by atoms with Crippen molar-refractivity contribution in [3.05, 3.63) is 89.0 Å². The van der Waals surface area contributed by atoms with Gasteiger partial charge in [-0.3, -0.25) is 9.69 Å². The lowest BCUT2D eigenvalue weighted by Crippen LogP contribution is -2.58. The van der Waals surface area contributed by atoms with Gasteiger partial charge in [0.2, 0.25) is 0 Å². The second-order valence-electron chi connectivity index (χ2n) is 11.2. The molecule has 206 valence electrons. The molecule has 3 aromatic rings. The molecule has 0 bridgehead atoms. The minimum absolute atomic E-state index is 0.00818. The van der Waals surface area contributed by atoms with Gasteiger partial charge in [-0.15, -0.1) is 0 Å². The molecule has 2 aliphatic heterocycles. The molecule has 0 atom stereocenters. The molecule has 6 nitrogen and oxygen atoms in total. The van der Waals surface area contributed by atoms with Crippen LogP contribution in [0.3, 0.4) is 0 Å². The zero-order valence-corrected chi connectivity index (χ0v) is 23.0. The smallest absolute Gasteiger partial charge is 0.257 e. The molecule has 2 aliphatic rings. The lowest BCUT2D eigenvalue weighted by Gasteiger charge is -2.50. The molecule has 1 aromatic heterocycles. The fourth-order valence-corrected chi connectivity index (χ4v) is 6.20. The van der Waals surface area contributed by atoms with Gasteiger partial charge in [0, 0.05) is 56.1 Å². The largest absolute Gasteiger partial charge is 0.364 e. The van der Waals surface area contributed by atoms with Crippen molar-refractivity contribution in [3.63, 3.8) is 0 Å². The second kappa shape index (κ2) is 11.4. The number of hydrogen-bond donors (Lipinski definition) is 0. The topological polar surface area (TPSA) is 52.6 Å². The first kappa shape index (κ1) is 27.2. The Labute approximate surface area is 229 Å². The highest BCUT2D eigenvalue weighted by Crippen LogP contribution is 2.34. The van der Waals surface area contributed by atoms with E-state index in [9.17, 15) is 13.6 Å². The summed E-state index contributed by atoms with van der Waals surface area (Å²) in [5, 5.41) is 0. The Morgan fingerprint density at radius 2 is 1.54 bits per heavy atom. The van der Waals surface area contributed by atoms with Gasteiger partial charge in [-0.25, -0.2) is 18.7 Å². The third kappa shape index (κ3) is 5.96. The van der Waals surface area contributed by atoms with E-state index >= 15 is 0 Å². The van der Waals surface area contributed by atoms with Crippen LogP contribution >= 0.6 is 0 Å². The molecule has 2 saturated heterocycles. The zero-order valence-electron chi connectivity index (χ0n) is 23.0. The Bertz CT molecular complexity index is 1260. The Balaban J connectivity index is 1.24. The molecule has 0 unspecified atom stereocenters. The minimum atomic E-state index is -0.554. The first-order chi connectivity index (χ1) is 18.7. The number of rotatable bonds is 6. The fourth-order valence-electron chi connectivity index (χ4n) is 6.20. The number of aryl methyl sites for hydroxylation is 2.